The maximum atomic E-state index is 12.7. The number of nitrogens with one attached hydrogen (secondary N) is 2. The van der Waals surface area contributed by atoms with Gasteiger partial charge in [0.2, 0.25) is 5.91 Å². The van der Waals surface area contributed by atoms with Crippen LogP contribution in [0, 0.1) is 0 Å². The summed E-state index contributed by atoms with van der Waals surface area (Å²) >= 11 is 14.0. The van der Waals surface area contributed by atoms with Crippen LogP contribution in [0.3, 0.4) is 0 Å². The summed E-state index contributed by atoms with van der Waals surface area (Å²) < 4.78 is 0. The van der Waals surface area contributed by atoms with Crippen molar-refractivity contribution in [2.45, 2.75) is 5.92 Å². The number of rotatable bonds is 7. The van der Waals surface area contributed by atoms with Crippen LogP contribution in [-0.4, -0.2) is 41.8 Å². The molecule has 0 spiro atoms. The molecule has 4 aromatic rings. The zero-order valence-corrected chi connectivity index (χ0v) is 19.6. The lowest BCUT2D eigenvalue weighted by molar-refractivity contribution is -0.121. The summed E-state index contributed by atoms with van der Waals surface area (Å²) in [5.74, 6) is -0.616. The number of thiophene rings is 1. The Labute approximate surface area is 200 Å². The summed E-state index contributed by atoms with van der Waals surface area (Å²) in [5, 5.41) is 6.95. The number of likely N-dealkylation sites (N-methyl/N-ethyl adjacent to an activating group) is 1. The molecule has 1 unspecified atom stereocenters. The third-order valence-corrected chi connectivity index (χ3v) is 6.72. The number of hydrogen-bond acceptors (Lipinski definition) is 3. The third-order valence-electron chi connectivity index (χ3n) is 5.30. The van der Waals surface area contributed by atoms with Crippen LogP contribution in [0.2, 0.25) is 10.0 Å². The quantitative estimate of drug-likeness (QED) is 0.360. The monoisotopic (exact) mass is 485 g/mol. The number of halogens is 2. The molecule has 0 fully saturated rings. The second-order valence-electron chi connectivity index (χ2n) is 7.45. The maximum absolute atomic E-state index is 12.7. The van der Waals surface area contributed by atoms with Gasteiger partial charge in [-0.25, -0.2) is 0 Å². The van der Waals surface area contributed by atoms with Crippen LogP contribution < -0.4 is 5.32 Å². The highest BCUT2D eigenvalue weighted by molar-refractivity contribution is 7.12. The first-order valence-electron chi connectivity index (χ1n) is 10.0. The van der Waals surface area contributed by atoms with E-state index in [1.807, 2.05) is 48.0 Å². The Kier molecular flexibility index (Phi) is 6.84. The zero-order valence-electron chi connectivity index (χ0n) is 17.3. The fraction of sp³-hybridized carbons (Fsp3) is 0.167. The van der Waals surface area contributed by atoms with Crippen molar-refractivity contribution in [3.05, 3.63) is 92.2 Å². The number of amides is 2. The van der Waals surface area contributed by atoms with Crippen molar-refractivity contribution < 1.29 is 9.59 Å². The summed E-state index contributed by atoms with van der Waals surface area (Å²) in [6.45, 7) is 0.286. The van der Waals surface area contributed by atoms with Crippen molar-refractivity contribution in [1.82, 2.24) is 15.2 Å². The zero-order chi connectivity index (χ0) is 22.7. The average Bonchev–Trinajstić information content (AvgIpc) is 3.45. The van der Waals surface area contributed by atoms with Crippen LogP contribution in [0.15, 0.2) is 66.2 Å². The van der Waals surface area contributed by atoms with E-state index in [2.05, 4.69) is 10.3 Å². The van der Waals surface area contributed by atoms with E-state index in [1.54, 1.807) is 25.2 Å². The molecule has 0 aliphatic carbocycles. The van der Waals surface area contributed by atoms with Crippen LogP contribution in [0.25, 0.3) is 10.9 Å². The van der Waals surface area contributed by atoms with Gasteiger partial charge >= 0.3 is 0 Å². The minimum atomic E-state index is -0.243. The molecule has 2 heterocycles. The van der Waals surface area contributed by atoms with Gasteiger partial charge in [-0.3, -0.25) is 9.59 Å². The number of H-pyrrole nitrogens is 1. The van der Waals surface area contributed by atoms with Crippen LogP contribution in [0.5, 0.6) is 0 Å². The first-order chi connectivity index (χ1) is 15.4. The maximum Gasteiger partial charge on any atom is 0.264 e. The highest BCUT2D eigenvalue weighted by Gasteiger charge is 2.22. The number of hydrogen-bond donors (Lipinski definition) is 2. The second-order valence-corrected chi connectivity index (χ2v) is 9.24. The molecule has 0 aliphatic rings. The standard InChI is InChI=1S/C24H21Cl2N3O2S/c1-29(24(31)22-7-4-10-32-22)14-23(30)28-13-18(16-9-8-15(25)11-20(16)26)19-12-27-21-6-3-2-5-17(19)21/h2-12,18,27H,13-14H2,1H3,(H,28,30). The molecule has 0 aliphatic heterocycles. The van der Waals surface area contributed by atoms with Gasteiger partial charge in [-0.2, -0.15) is 0 Å². The Morgan fingerprint density at radius 2 is 1.91 bits per heavy atom. The molecule has 0 bridgehead atoms. The second kappa shape index (κ2) is 9.77. The van der Waals surface area contributed by atoms with Crippen LogP contribution in [0.1, 0.15) is 26.7 Å². The Morgan fingerprint density at radius 1 is 1.09 bits per heavy atom. The predicted octanol–water partition coefficient (Wildman–Crippen LogP) is 5.56. The molecule has 0 saturated heterocycles. The molecule has 4 rings (SSSR count). The van der Waals surface area contributed by atoms with Crippen molar-refractivity contribution >= 4 is 57.3 Å². The molecule has 2 N–H and O–H groups in total. The van der Waals surface area contributed by atoms with Gasteiger partial charge in [0, 0.05) is 46.7 Å². The molecule has 2 aromatic carbocycles. The number of fused-ring (bicyclic) bond motifs is 1. The van der Waals surface area contributed by atoms with Crippen molar-refractivity contribution in [2.24, 2.45) is 0 Å². The molecule has 8 heteroatoms. The van der Waals surface area contributed by atoms with Crippen molar-refractivity contribution in [1.29, 1.82) is 0 Å². The number of carbonyl (C=O) groups is 2. The molecule has 2 aromatic heterocycles. The largest absolute Gasteiger partial charge is 0.361 e. The smallest absolute Gasteiger partial charge is 0.264 e. The van der Waals surface area contributed by atoms with Crippen molar-refractivity contribution in [3.8, 4) is 0 Å². The lowest BCUT2D eigenvalue weighted by Gasteiger charge is -2.21. The fourth-order valence-electron chi connectivity index (χ4n) is 3.70. The molecule has 5 nitrogen and oxygen atoms in total. The van der Waals surface area contributed by atoms with E-state index in [0.717, 1.165) is 22.0 Å². The lowest BCUT2D eigenvalue weighted by Crippen LogP contribution is -2.39. The van der Waals surface area contributed by atoms with Gasteiger partial charge in [0.1, 0.15) is 0 Å². The number of benzene rings is 2. The molecule has 1 atom stereocenters. The Bertz CT molecular complexity index is 1250. The summed E-state index contributed by atoms with van der Waals surface area (Å²) in [4.78, 5) is 30.4. The van der Waals surface area contributed by atoms with Gasteiger partial charge in [0.15, 0.2) is 0 Å². The highest BCUT2D eigenvalue weighted by atomic mass is 35.5. The third kappa shape index (κ3) is 4.83. The van der Waals surface area contributed by atoms with E-state index in [1.165, 1.54) is 16.2 Å². The van der Waals surface area contributed by atoms with E-state index in [9.17, 15) is 9.59 Å². The lowest BCUT2D eigenvalue weighted by atomic mass is 9.90. The van der Waals surface area contributed by atoms with Gasteiger partial charge in [-0.1, -0.05) is 53.5 Å². The number of nitrogens with zero attached hydrogens (tertiary/aromatic N) is 1. The minimum absolute atomic E-state index is 0.0360. The summed E-state index contributed by atoms with van der Waals surface area (Å²) in [6, 6.07) is 16.9. The number of aromatic amines is 1. The molecule has 164 valence electrons. The fourth-order valence-corrected chi connectivity index (χ4v) is 4.96. The van der Waals surface area contributed by atoms with Gasteiger partial charge in [-0.15, -0.1) is 11.3 Å². The van der Waals surface area contributed by atoms with Crippen molar-refractivity contribution in [3.63, 3.8) is 0 Å². The molecule has 0 saturated carbocycles. The molecular weight excluding hydrogens is 465 g/mol. The molecule has 32 heavy (non-hydrogen) atoms. The van der Waals surface area contributed by atoms with Crippen LogP contribution in [-0.2, 0) is 4.79 Å². The van der Waals surface area contributed by atoms with E-state index >= 15 is 0 Å². The average molecular weight is 486 g/mol. The molecule has 0 radical (unpaired) electrons. The normalized spacial score (nSPS) is 12.0. The topological polar surface area (TPSA) is 65.2 Å². The van der Waals surface area contributed by atoms with Gasteiger partial charge in [-0.05, 0) is 40.8 Å². The minimum Gasteiger partial charge on any atom is -0.361 e. The van der Waals surface area contributed by atoms with E-state index in [-0.39, 0.29) is 24.3 Å². The molecular formula is C24H21Cl2N3O2S. The highest BCUT2D eigenvalue weighted by Crippen LogP contribution is 2.35. The Morgan fingerprint density at radius 3 is 2.66 bits per heavy atom. The summed E-state index contributed by atoms with van der Waals surface area (Å²) in [6.07, 6.45) is 1.94. The van der Waals surface area contributed by atoms with Gasteiger partial charge in [0.05, 0.1) is 11.4 Å². The number of carbonyl (C=O) groups excluding carboxylic acids is 2. The summed E-state index contributed by atoms with van der Waals surface area (Å²) in [5.41, 5.74) is 2.89. The van der Waals surface area contributed by atoms with E-state index in [0.29, 0.717) is 21.5 Å². The van der Waals surface area contributed by atoms with Crippen LogP contribution >= 0.6 is 34.5 Å². The van der Waals surface area contributed by atoms with Gasteiger partial charge in [0.25, 0.3) is 5.91 Å². The number of aromatic nitrogens is 1. The van der Waals surface area contributed by atoms with Crippen LogP contribution in [0.4, 0.5) is 0 Å². The summed E-state index contributed by atoms with van der Waals surface area (Å²) in [7, 11) is 1.62. The Balaban J connectivity index is 1.54. The Hall–Kier alpha value is -2.80. The predicted molar refractivity (Wildman–Crippen MR) is 131 cm³/mol. The van der Waals surface area contributed by atoms with Gasteiger partial charge < -0.3 is 15.2 Å². The first-order valence-corrected chi connectivity index (χ1v) is 11.6. The van der Waals surface area contributed by atoms with E-state index in [4.69, 9.17) is 23.2 Å². The molecule has 2 amide bonds. The first kappa shape index (κ1) is 22.4. The SMILES string of the molecule is CN(CC(=O)NCC(c1ccc(Cl)cc1Cl)c1c[nH]c2ccccc12)C(=O)c1cccs1. The number of para-hydroxylation sites is 1. The van der Waals surface area contributed by atoms with E-state index < -0.39 is 0 Å². The van der Waals surface area contributed by atoms with Crippen molar-refractivity contribution in [2.75, 3.05) is 20.1 Å².